The van der Waals surface area contributed by atoms with E-state index in [0.717, 1.165) is 0 Å². The van der Waals surface area contributed by atoms with Crippen LogP contribution in [-0.2, 0) is 0 Å². The number of hydrogen-bond donors (Lipinski definition) is 1. The number of nitrogens with one attached hydrogen (secondary N) is 1. The Morgan fingerprint density at radius 1 is 1.47 bits per heavy atom. The molecule has 0 bridgehead atoms. The van der Waals surface area contributed by atoms with Crippen molar-refractivity contribution in [1.29, 1.82) is 0 Å². The van der Waals surface area contributed by atoms with Crippen LogP contribution in [0.25, 0.3) is 11.3 Å². The molecular weight excluding hydrogens is 218 g/mol. The first-order valence-electron chi connectivity index (χ1n) is 4.27. The number of aromatic nitrogens is 3. The molecule has 15 heavy (non-hydrogen) atoms. The summed E-state index contributed by atoms with van der Waals surface area (Å²) in [5, 5.41) is 10.5. The highest BCUT2D eigenvalue weighted by Crippen LogP contribution is 2.30. The van der Waals surface area contributed by atoms with Crippen LogP contribution in [0.4, 0.5) is 0 Å². The summed E-state index contributed by atoms with van der Waals surface area (Å²) in [6, 6.07) is 0. The van der Waals surface area contributed by atoms with Gasteiger partial charge in [0, 0.05) is 0 Å². The topological polar surface area (TPSA) is 71.8 Å². The van der Waals surface area contributed by atoms with Crippen LogP contribution in [0.15, 0.2) is 4.52 Å². The Morgan fingerprint density at radius 2 is 2.20 bits per heavy atom. The van der Waals surface area contributed by atoms with Crippen LogP contribution in [0.2, 0.25) is 5.15 Å². The standard InChI is InChI=1S/C9H8ClN3O2/c1-4-7(5(2)15-13-4)8-6(3-14)9(10)12-11-8/h3H,1-2H3,(H,11,12). The molecule has 0 saturated carbocycles. The predicted octanol–water partition coefficient (Wildman–Crippen LogP) is 2.15. The van der Waals surface area contributed by atoms with Gasteiger partial charge in [-0.2, -0.15) is 5.10 Å². The molecule has 5 nitrogen and oxygen atoms in total. The molecule has 0 aliphatic heterocycles. The predicted molar refractivity (Wildman–Crippen MR) is 54.0 cm³/mol. The Labute approximate surface area is 90.4 Å². The first kappa shape index (κ1) is 9.92. The van der Waals surface area contributed by atoms with Gasteiger partial charge in [-0.3, -0.25) is 9.89 Å². The Balaban J connectivity index is 2.68. The van der Waals surface area contributed by atoms with E-state index in [1.165, 1.54) is 0 Å². The summed E-state index contributed by atoms with van der Waals surface area (Å²) >= 11 is 5.77. The van der Waals surface area contributed by atoms with Crippen molar-refractivity contribution in [1.82, 2.24) is 15.4 Å². The average molecular weight is 226 g/mol. The summed E-state index contributed by atoms with van der Waals surface area (Å²) < 4.78 is 5.00. The van der Waals surface area contributed by atoms with Crippen molar-refractivity contribution in [2.45, 2.75) is 13.8 Å². The third kappa shape index (κ3) is 1.45. The Hall–Kier alpha value is -1.62. The lowest BCUT2D eigenvalue weighted by Gasteiger charge is -1.94. The van der Waals surface area contributed by atoms with E-state index in [1.807, 2.05) is 0 Å². The quantitative estimate of drug-likeness (QED) is 0.795. The molecule has 2 aromatic heterocycles. The van der Waals surface area contributed by atoms with E-state index in [-0.39, 0.29) is 5.15 Å². The second kappa shape index (κ2) is 3.51. The van der Waals surface area contributed by atoms with Gasteiger partial charge in [0.1, 0.15) is 16.6 Å². The maximum Gasteiger partial charge on any atom is 0.155 e. The van der Waals surface area contributed by atoms with Crippen molar-refractivity contribution in [3.05, 3.63) is 22.2 Å². The highest BCUT2D eigenvalue weighted by atomic mass is 35.5. The fourth-order valence-corrected chi connectivity index (χ4v) is 1.62. The minimum atomic E-state index is 0.222. The Morgan fingerprint density at radius 3 is 2.73 bits per heavy atom. The first-order chi connectivity index (χ1) is 7.15. The fourth-order valence-electron chi connectivity index (χ4n) is 1.45. The molecule has 2 rings (SSSR count). The van der Waals surface area contributed by atoms with Crippen molar-refractivity contribution in [2.75, 3.05) is 0 Å². The zero-order chi connectivity index (χ0) is 11.0. The number of carbonyl (C=O) groups is 1. The summed E-state index contributed by atoms with van der Waals surface area (Å²) in [6.45, 7) is 3.54. The molecule has 1 N–H and O–H groups in total. The number of halogens is 1. The van der Waals surface area contributed by atoms with E-state index in [1.54, 1.807) is 13.8 Å². The van der Waals surface area contributed by atoms with Gasteiger partial charge in [0.05, 0.1) is 16.8 Å². The Kier molecular flexibility index (Phi) is 2.32. The van der Waals surface area contributed by atoms with Crippen LogP contribution in [0, 0.1) is 13.8 Å². The second-order valence-corrected chi connectivity index (χ2v) is 3.49. The molecule has 2 heterocycles. The van der Waals surface area contributed by atoms with E-state index in [2.05, 4.69) is 15.4 Å². The molecule has 78 valence electrons. The van der Waals surface area contributed by atoms with Crippen LogP contribution in [0.1, 0.15) is 21.8 Å². The zero-order valence-electron chi connectivity index (χ0n) is 8.17. The summed E-state index contributed by atoms with van der Waals surface area (Å²) in [7, 11) is 0. The van der Waals surface area contributed by atoms with Gasteiger partial charge in [-0.15, -0.1) is 0 Å². The maximum atomic E-state index is 10.8. The lowest BCUT2D eigenvalue weighted by Crippen LogP contribution is -1.87. The van der Waals surface area contributed by atoms with Gasteiger partial charge in [-0.1, -0.05) is 16.8 Å². The van der Waals surface area contributed by atoms with Crippen molar-refractivity contribution in [3.63, 3.8) is 0 Å². The summed E-state index contributed by atoms with van der Waals surface area (Å²) in [4.78, 5) is 10.8. The third-order valence-corrected chi connectivity index (χ3v) is 2.43. The SMILES string of the molecule is Cc1noc(C)c1-c1n[nH]c(Cl)c1C=O. The summed E-state index contributed by atoms with van der Waals surface area (Å²) in [5.74, 6) is 0.610. The van der Waals surface area contributed by atoms with Crippen molar-refractivity contribution in [2.24, 2.45) is 0 Å². The number of aldehydes is 1. The van der Waals surface area contributed by atoms with Crippen LogP contribution in [0.5, 0.6) is 0 Å². The van der Waals surface area contributed by atoms with Crippen LogP contribution in [0.3, 0.4) is 0 Å². The van der Waals surface area contributed by atoms with Gasteiger partial charge in [-0.05, 0) is 13.8 Å². The molecule has 2 aromatic rings. The fraction of sp³-hybridized carbons (Fsp3) is 0.222. The minimum absolute atomic E-state index is 0.222. The molecule has 0 radical (unpaired) electrons. The van der Waals surface area contributed by atoms with Gasteiger partial charge in [0.2, 0.25) is 0 Å². The highest BCUT2D eigenvalue weighted by Gasteiger charge is 2.19. The van der Waals surface area contributed by atoms with Gasteiger partial charge in [-0.25, -0.2) is 0 Å². The van der Waals surface area contributed by atoms with Crippen LogP contribution >= 0.6 is 11.6 Å². The molecule has 0 amide bonds. The molecule has 0 fully saturated rings. The lowest BCUT2D eigenvalue weighted by atomic mass is 10.1. The molecule has 0 atom stereocenters. The van der Waals surface area contributed by atoms with Crippen molar-refractivity contribution < 1.29 is 9.32 Å². The number of aromatic amines is 1. The van der Waals surface area contributed by atoms with E-state index in [0.29, 0.717) is 34.6 Å². The van der Waals surface area contributed by atoms with E-state index < -0.39 is 0 Å². The zero-order valence-corrected chi connectivity index (χ0v) is 8.92. The summed E-state index contributed by atoms with van der Waals surface area (Å²) in [5.41, 5.74) is 2.19. The third-order valence-electron chi connectivity index (χ3n) is 2.15. The lowest BCUT2D eigenvalue weighted by molar-refractivity contribution is 0.112. The van der Waals surface area contributed by atoms with Gasteiger partial charge >= 0.3 is 0 Å². The number of hydrogen-bond acceptors (Lipinski definition) is 4. The number of aryl methyl sites for hydroxylation is 2. The van der Waals surface area contributed by atoms with E-state index in [4.69, 9.17) is 16.1 Å². The monoisotopic (exact) mass is 225 g/mol. The van der Waals surface area contributed by atoms with Gasteiger partial charge in [0.15, 0.2) is 6.29 Å². The smallest absolute Gasteiger partial charge is 0.155 e. The maximum absolute atomic E-state index is 10.8. The molecule has 0 saturated heterocycles. The minimum Gasteiger partial charge on any atom is -0.361 e. The highest BCUT2D eigenvalue weighted by molar-refractivity contribution is 6.32. The van der Waals surface area contributed by atoms with Gasteiger partial charge < -0.3 is 4.52 Å². The average Bonchev–Trinajstić information content (AvgIpc) is 2.71. The molecule has 0 aromatic carbocycles. The molecule has 0 spiro atoms. The molecule has 6 heteroatoms. The first-order valence-corrected chi connectivity index (χ1v) is 4.65. The second-order valence-electron chi connectivity index (χ2n) is 3.12. The number of nitrogens with zero attached hydrogens (tertiary/aromatic N) is 2. The van der Waals surface area contributed by atoms with Gasteiger partial charge in [0.25, 0.3) is 0 Å². The Bertz CT molecular complexity index is 496. The van der Waals surface area contributed by atoms with E-state index in [9.17, 15) is 4.79 Å². The number of rotatable bonds is 2. The molecule has 0 unspecified atom stereocenters. The number of carbonyl (C=O) groups excluding carboxylic acids is 1. The van der Waals surface area contributed by atoms with Crippen LogP contribution in [-0.4, -0.2) is 21.6 Å². The van der Waals surface area contributed by atoms with Crippen molar-refractivity contribution >= 4 is 17.9 Å². The van der Waals surface area contributed by atoms with Crippen LogP contribution < -0.4 is 0 Å². The largest absolute Gasteiger partial charge is 0.361 e. The normalized spacial score (nSPS) is 10.6. The van der Waals surface area contributed by atoms with E-state index >= 15 is 0 Å². The number of H-pyrrole nitrogens is 1. The summed E-state index contributed by atoms with van der Waals surface area (Å²) in [6.07, 6.45) is 0.660. The molecule has 0 aliphatic rings. The molecule has 0 aliphatic carbocycles. The van der Waals surface area contributed by atoms with Crippen molar-refractivity contribution in [3.8, 4) is 11.3 Å². The molecular formula is C9H8ClN3O2.